The van der Waals surface area contributed by atoms with Gasteiger partial charge in [0.05, 0.1) is 0 Å². The molecule has 0 spiro atoms. The number of benzene rings is 3. The van der Waals surface area contributed by atoms with Crippen molar-refractivity contribution in [1.29, 1.82) is 0 Å². The molecule has 0 aliphatic rings. The number of hydrogen-bond donors (Lipinski definition) is 3. The Bertz CT molecular complexity index is 1030. The Morgan fingerprint density at radius 2 is 1.45 bits per heavy atom. The molecule has 1 unspecified atom stereocenters. The number of nitrogen functional groups attached to an aromatic ring is 1. The Morgan fingerprint density at radius 1 is 0.862 bits per heavy atom. The first-order valence-electron chi connectivity index (χ1n) is 9.26. The molecule has 148 valence electrons. The summed E-state index contributed by atoms with van der Waals surface area (Å²) in [7, 11) is 0. The zero-order chi connectivity index (χ0) is 21.0. The van der Waals surface area contributed by atoms with Crippen molar-refractivity contribution in [1.82, 2.24) is 0 Å². The van der Waals surface area contributed by atoms with Gasteiger partial charge in [0.15, 0.2) is 0 Å². The third-order valence-electron chi connectivity index (χ3n) is 4.78. The minimum absolute atomic E-state index is 0.123. The number of ether oxygens (including phenoxy) is 1. The van der Waals surface area contributed by atoms with Crippen molar-refractivity contribution in [2.45, 2.75) is 19.3 Å². The average molecular weight is 389 g/mol. The van der Waals surface area contributed by atoms with Crippen molar-refractivity contribution in [3.8, 4) is 11.5 Å². The molecule has 2 amide bonds. The first-order valence-corrected chi connectivity index (χ1v) is 9.26. The maximum atomic E-state index is 11.9. The largest absolute Gasteiger partial charge is 0.457 e. The van der Waals surface area contributed by atoms with Crippen molar-refractivity contribution < 1.29 is 14.3 Å². The van der Waals surface area contributed by atoms with Crippen LogP contribution < -0.4 is 21.9 Å². The molecule has 29 heavy (non-hydrogen) atoms. The van der Waals surface area contributed by atoms with Crippen LogP contribution in [0.2, 0.25) is 0 Å². The number of amides is 2. The fourth-order valence-electron chi connectivity index (χ4n) is 3.30. The predicted molar refractivity (Wildman–Crippen MR) is 113 cm³/mol. The monoisotopic (exact) mass is 389 g/mol. The van der Waals surface area contributed by atoms with E-state index in [1.54, 1.807) is 36.4 Å². The Balaban J connectivity index is 1.92. The molecule has 0 bridgehead atoms. The number of carbonyl (C=O) groups is 2. The minimum Gasteiger partial charge on any atom is -0.457 e. The third-order valence-corrected chi connectivity index (χ3v) is 4.78. The van der Waals surface area contributed by atoms with E-state index in [0.29, 0.717) is 40.3 Å². The minimum atomic E-state index is -0.552. The van der Waals surface area contributed by atoms with Crippen molar-refractivity contribution in [3.05, 3.63) is 89.0 Å². The summed E-state index contributed by atoms with van der Waals surface area (Å²) in [5.41, 5.74) is 19.7. The van der Waals surface area contributed by atoms with E-state index in [1.165, 1.54) is 6.07 Å². The molecule has 0 aliphatic carbocycles. The zero-order valence-corrected chi connectivity index (χ0v) is 16.1. The Morgan fingerprint density at radius 3 is 1.97 bits per heavy atom. The number of nitrogens with two attached hydrogens (primary N) is 3. The van der Waals surface area contributed by atoms with Gasteiger partial charge in [0.1, 0.15) is 11.5 Å². The lowest BCUT2D eigenvalue weighted by molar-refractivity contribution is 0.0987. The van der Waals surface area contributed by atoms with E-state index in [1.807, 2.05) is 31.2 Å². The maximum absolute atomic E-state index is 11.9. The number of carbonyl (C=O) groups excluding carboxylic acids is 2. The van der Waals surface area contributed by atoms with Gasteiger partial charge in [0.2, 0.25) is 11.8 Å². The quantitative estimate of drug-likeness (QED) is 0.532. The van der Waals surface area contributed by atoms with Gasteiger partial charge in [-0.1, -0.05) is 19.1 Å². The van der Waals surface area contributed by atoms with Crippen LogP contribution in [0.25, 0.3) is 0 Å². The highest BCUT2D eigenvalue weighted by molar-refractivity contribution is 5.98. The number of anilines is 1. The second-order valence-corrected chi connectivity index (χ2v) is 6.73. The summed E-state index contributed by atoms with van der Waals surface area (Å²) >= 11 is 0. The lowest BCUT2D eigenvalue weighted by Gasteiger charge is -2.20. The Hall–Kier alpha value is -3.80. The molecule has 3 aromatic carbocycles. The van der Waals surface area contributed by atoms with Crippen molar-refractivity contribution in [3.63, 3.8) is 0 Å². The van der Waals surface area contributed by atoms with Gasteiger partial charge in [0, 0.05) is 22.7 Å². The second-order valence-electron chi connectivity index (χ2n) is 6.73. The van der Waals surface area contributed by atoms with Crippen molar-refractivity contribution in [2.24, 2.45) is 11.5 Å². The van der Waals surface area contributed by atoms with Gasteiger partial charge in [-0.05, 0) is 72.1 Å². The molecule has 0 fully saturated rings. The number of primary amides is 2. The summed E-state index contributed by atoms with van der Waals surface area (Å²) in [6, 6.07) is 19.4. The van der Waals surface area contributed by atoms with Gasteiger partial charge in [-0.15, -0.1) is 0 Å². The Kier molecular flexibility index (Phi) is 5.83. The average Bonchev–Trinajstić information content (AvgIpc) is 2.71. The van der Waals surface area contributed by atoms with Gasteiger partial charge in [-0.3, -0.25) is 9.59 Å². The van der Waals surface area contributed by atoms with Gasteiger partial charge >= 0.3 is 0 Å². The van der Waals surface area contributed by atoms with Crippen LogP contribution >= 0.6 is 0 Å². The van der Waals surface area contributed by atoms with Gasteiger partial charge in [-0.2, -0.15) is 0 Å². The van der Waals surface area contributed by atoms with Gasteiger partial charge in [-0.25, -0.2) is 0 Å². The summed E-state index contributed by atoms with van der Waals surface area (Å²) in [5.74, 6) is 0.142. The summed E-state index contributed by atoms with van der Waals surface area (Å²) in [6.07, 6.45) is 0.709. The molecule has 0 aliphatic heterocycles. The molecule has 1 atom stereocenters. The predicted octanol–water partition coefficient (Wildman–Crippen LogP) is 3.80. The highest BCUT2D eigenvalue weighted by atomic mass is 16.5. The normalized spacial score (nSPS) is 11.6. The third kappa shape index (κ3) is 4.55. The summed E-state index contributed by atoms with van der Waals surface area (Å²) in [5, 5.41) is 0. The highest BCUT2D eigenvalue weighted by Gasteiger charge is 2.20. The van der Waals surface area contributed by atoms with E-state index in [0.717, 1.165) is 5.56 Å². The molecule has 0 saturated heterocycles. The fourth-order valence-corrected chi connectivity index (χ4v) is 3.30. The van der Waals surface area contributed by atoms with E-state index in [9.17, 15) is 9.59 Å². The summed E-state index contributed by atoms with van der Waals surface area (Å²) < 4.78 is 5.83. The molecule has 3 aromatic rings. The fraction of sp³-hybridized carbons (Fsp3) is 0.130. The smallest absolute Gasteiger partial charge is 0.248 e. The van der Waals surface area contributed by atoms with E-state index in [2.05, 4.69) is 0 Å². The van der Waals surface area contributed by atoms with Crippen LogP contribution in [0.1, 0.15) is 51.1 Å². The summed E-state index contributed by atoms with van der Waals surface area (Å²) in [6.45, 7) is 2.01. The lowest BCUT2D eigenvalue weighted by atomic mass is 9.85. The number of hydrogen-bond acceptors (Lipinski definition) is 4. The second kappa shape index (κ2) is 8.48. The van der Waals surface area contributed by atoms with Crippen LogP contribution in [0.15, 0.2) is 66.7 Å². The van der Waals surface area contributed by atoms with Crippen molar-refractivity contribution in [2.75, 3.05) is 5.73 Å². The van der Waals surface area contributed by atoms with Gasteiger partial charge < -0.3 is 21.9 Å². The molecule has 6 heteroatoms. The highest BCUT2D eigenvalue weighted by Crippen LogP contribution is 2.33. The molecule has 0 heterocycles. The van der Waals surface area contributed by atoms with Crippen LogP contribution in [0.3, 0.4) is 0 Å². The first-order chi connectivity index (χ1) is 13.9. The Labute approximate surface area is 169 Å². The maximum Gasteiger partial charge on any atom is 0.248 e. The molecule has 0 aromatic heterocycles. The molecular formula is C23H23N3O3. The molecule has 0 saturated carbocycles. The topological polar surface area (TPSA) is 121 Å². The molecule has 6 N–H and O–H groups in total. The first kappa shape index (κ1) is 19.9. The van der Waals surface area contributed by atoms with Crippen LogP contribution in [-0.4, -0.2) is 11.8 Å². The standard InChI is InChI=1S/C23H23N3O3/c1-2-19(21-13-15(22(25)27)5-12-20(21)23(26)28)14-3-8-17(9-4-14)29-18-10-6-16(24)7-11-18/h3-13,19H,2,24H2,1H3,(H2,25,27)(H2,26,28). The van der Waals surface area contributed by atoms with Crippen LogP contribution in [0.4, 0.5) is 5.69 Å². The van der Waals surface area contributed by atoms with E-state index >= 15 is 0 Å². The SMILES string of the molecule is CCC(c1ccc(Oc2ccc(N)cc2)cc1)c1cc(C(N)=O)ccc1C(N)=O. The lowest BCUT2D eigenvalue weighted by Crippen LogP contribution is -2.18. The summed E-state index contributed by atoms with van der Waals surface area (Å²) in [4.78, 5) is 23.5. The van der Waals surface area contributed by atoms with E-state index in [4.69, 9.17) is 21.9 Å². The van der Waals surface area contributed by atoms with E-state index < -0.39 is 11.8 Å². The molecular weight excluding hydrogens is 366 g/mol. The van der Waals surface area contributed by atoms with Crippen LogP contribution in [-0.2, 0) is 0 Å². The van der Waals surface area contributed by atoms with Crippen molar-refractivity contribution >= 4 is 17.5 Å². The number of rotatable bonds is 7. The molecule has 6 nitrogen and oxygen atoms in total. The van der Waals surface area contributed by atoms with E-state index in [-0.39, 0.29) is 5.92 Å². The van der Waals surface area contributed by atoms with Crippen LogP contribution in [0.5, 0.6) is 11.5 Å². The zero-order valence-electron chi connectivity index (χ0n) is 16.1. The van der Waals surface area contributed by atoms with Crippen LogP contribution in [0, 0.1) is 0 Å². The molecule has 3 rings (SSSR count). The molecule has 0 radical (unpaired) electrons. The van der Waals surface area contributed by atoms with Gasteiger partial charge in [0.25, 0.3) is 0 Å².